The van der Waals surface area contributed by atoms with Gasteiger partial charge in [-0.15, -0.1) is 0 Å². The second-order valence-corrected chi connectivity index (χ2v) is 6.05. The van der Waals surface area contributed by atoms with Crippen LogP contribution in [0.5, 0.6) is 0 Å². The van der Waals surface area contributed by atoms with Gasteiger partial charge in [0.25, 0.3) is 0 Å². The number of carbonyl (C=O) groups excluding carboxylic acids is 1. The molecular formula is C15H24N4O. The molecule has 110 valence electrons. The van der Waals surface area contributed by atoms with Gasteiger partial charge in [-0.1, -0.05) is 0 Å². The third kappa shape index (κ3) is 2.87. The number of piperidine rings is 1. The highest BCUT2D eigenvalue weighted by Gasteiger charge is 2.29. The van der Waals surface area contributed by atoms with Crippen molar-refractivity contribution in [2.24, 2.45) is 11.7 Å². The highest BCUT2D eigenvalue weighted by Crippen LogP contribution is 2.36. The topological polar surface area (TPSA) is 64.1 Å². The summed E-state index contributed by atoms with van der Waals surface area (Å²) in [6.07, 6.45) is 10.5. The standard InChI is InChI=1S/C15H24N4O/c16-9-12(15(20)18-6-2-1-3-7-18)8-14-10-17-11-19(14)13-4-5-13/h10-13H,1-9,16H2. The van der Waals surface area contributed by atoms with E-state index < -0.39 is 0 Å². The lowest BCUT2D eigenvalue weighted by Crippen LogP contribution is -2.42. The van der Waals surface area contributed by atoms with Crippen molar-refractivity contribution in [2.45, 2.75) is 44.6 Å². The van der Waals surface area contributed by atoms with E-state index in [2.05, 4.69) is 9.55 Å². The summed E-state index contributed by atoms with van der Waals surface area (Å²) >= 11 is 0. The van der Waals surface area contributed by atoms with Crippen LogP contribution in [0, 0.1) is 5.92 Å². The Labute approximate surface area is 120 Å². The Kier molecular flexibility index (Phi) is 4.05. The Morgan fingerprint density at radius 1 is 1.35 bits per heavy atom. The van der Waals surface area contributed by atoms with E-state index in [0.717, 1.165) is 38.0 Å². The van der Waals surface area contributed by atoms with Crippen molar-refractivity contribution in [1.29, 1.82) is 0 Å². The molecule has 1 aromatic rings. The Morgan fingerprint density at radius 3 is 2.75 bits per heavy atom. The summed E-state index contributed by atoms with van der Waals surface area (Å²) in [6, 6.07) is 0.607. The van der Waals surface area contributed by atoms with Crippen LogP contribution in [0.3, 0.4) is 0 Å². The molecule has 1 atom stereocenters. The van der Waals surface area contributed by atoms with Crippen LogP contribution in [0.1, 0.15) is 43.8 Å². The lowest BCUT2D eigenvalue weighted by atomic mass is 10.00. The molecule has 5 heteroatoms. The van der Waals surface area contributed by atoms with Gasteiger partial charge in [-0.2, -0.15) is 0 Å². The lowest BCUT2D eigenvalue weighted by molar-refractivity contribution is -0.136. The summed E-state index contributed by atoms with van der Waals surface area (Å²) < 4.78 is 2.23. The summed E-state index contributed by atoms with van der Waals surface area (Å²) in [6.45, 7) is 2.22. The van der Waals surface area contributed by atoms with Crippen LogP contribution >= 0.6 is 0 Å². The van der Waals surface area contributed by atoms with E-state index in [1.807, 2.05) is 17.4 Å². The molecule has 5 nitrogen and oxygen atoms in total. The van der Waals surface area contributed by atoms with Crippen molar-refractivity contribution in [3.05, 3.63) is 18.2 Å². The monoisotopic (exact) mass is 276 g/mol. The molecule has 1 amide bonds. The maximum atomic E-state index is 12.6. The molecular weight excluding hydrogens is 252 g/mol. The van der Waals surface area contributed by atoms with Gasteiger partial charge in [-0.3, -0.25) is 4.79 Å². The van der Waals surface area contributed by atoms with E-state index in [9.17, 15) is 4.79 Å². The summed E-state index contributed by atoms with van der Waals surface area (Å²) in [7, 11) is 0. The number of carbonyl (C=O) groups is 1. The lowest BCUT2D eigenvalue weighted by Gasteiger charge is -2.30. The van der Waals surface area contributed by atoms with Crippen molar-refractivity contribution >= 4 is 5.91 Å². The first-order valence-corrected chi connectivity index (χ1v) is 7.79. The number of aromatic nitrogens is 2. The molecule has 1 unspecified atom stereocenters. The molecule has 3 rings (SSSR count). The van der Waals surface area contributed by atoms with Crippen LogP contribution in [0.2, 0.25) is 0 Å². The smallest absolute Gasteiger partial charge is 0.227 e. The Hall–Kier alpha value is -1.36. The van der Waals surface area contributed by atoms with Crippen molar-refractivity contribution < 1.29 is 4.79 Å². The quantitative estimate of drug-likeness (QED) is 0.883. The first-order chi connectivity index (χ1) is 9.79. The molecule has 1 saturated carbocycles. The van der Waals surface area contributed by atoms with E-state index in [4.69, 9.17) is 5.73 Å². The van der Waals surface area contributed by atoms with Crippen LogP contribution in [0.4, 0.5) is 0 Å². The Balaban J connectivity index is 1.66. The highest BCUT2D eigenvalue weighted by molar-refractivity contribution is 5.79. The van der Waals surface area contributed by atoms with Crippen LogP contribution in [0.15, 0.2) is 12.5 Å². The van der Waals surface area contributed by atoms with Crippen molar-refractivity contribution in [1.82, 2.24) is 14.5 Å². The largest absolute Gasteiger partial charge is 0.342 e. The molecule has 2 fully saturated rings. The van der Waals surface area contributed by atoms with Crippen LogP contribution in [-0.4, -0.2) is 40.0 Å². The maximum Gasteiger partial charge on any atom is 0.227 e. The van der Waals surface area contributed by atoms with E-state index in [1.54, 1.807) is 0 Å². The Bertz CT molecular complexity index is 460. The molecule has 1 aliphatic carbocycles. The molecule has 0 bridgehead atoms. The van der Waals surface area contributed by atoms with Gasteiger partial charge in [0.2, 0.25) is 5.91 Å². The zero-order chi connectivity index (χ0) is 13.9. The summed E-state index contributed by atoms with van der Waals surface area (Å²) in [5.74, 6) is 0.137. The first-order valence-electron chi connectivity index (χ1n) is 7.79. The van der Waals surface area contributed by atoms with Gasteiger partial charge in [0.15, 0.2) is 0 Å². The number of nitrogens with zero attached hydrogens (tertiary/aromatic N) is 3. The predicted molar refractivity (Wildman–Crippen MR) is 77.2 cm³/mol. The highest BCUT2D eigenvalue weighted by atomic mass is 16.2. The number of amides is 1. The van der Waals surface area contributed by atoms with Crippen molar-refractivity contribution in [3.8, 4) is 0 Å². The minimum absolute atomic E-state index is 0.0951. The van der Waals surface area contributed by atoms with Crippen molar-refractivity contribution in [3.63, 3.8) is 0 Å². The number of hydrogen-bond acceptors (Lipinski definition) is 3. The molecule has 0 radical (unpaired) electrons. The SMILES string of the molecule is NCC(Cc1cncn1C1CC1)C(=O)N1CCCCC1. The summed E-state index contributed by atoms with van der Waals surface area (Å²) in [4.78, 5) is 18.8. The molecule has 2 heterocycles. The number of nitrogens with two attached hydrogens (primary N) is 1. The molecule has 20 heavy (non-hydrogen) atoms. The molecule has 0 spiro atoms. The normalized spacial score (nSPS) is 20.9. The molecule has 2 aliphatic rings. The number of rotatable bonds is 5. The van der Waals surface area contributed by atoms with E-state index in [1.165, 1.54) is 19.3 Å². The minimum atomic E-state index is -0.0951. The number of imidazole rings is 1. The van der Waals surface area contributed by atoms with Gasteiger partial charge in [-0.25, -0.2) is 4.98 Å². The fourth-order valence-corrected chi connectivity index (χ4v) is 3.07. The van der Waals surface area contributed by atoms with E-state index in [0.29, 0.717) is 12.6 Å². The first kappa shape index (κ1) is 13.6. The van der Waals surface area contributed by atoms with Gasteiger partial charge >= 0.3 is 0 Å². The number of hydrogen-bond donors (Lipinski definition) is 1. The van der Waals surface area contributed by atoms with Gasteiger partial charge < -0.3 is 15.2 Å². The van der Waals surface area contributed by atoms with E-state index >= 15 is 0 Å². The summed E-state index contributed by atoms with van der Waals surface area (Å²) in [5.41, 5.74) is 7.02. The average molecular weight is 276 g/mol. The molecule has 1 saturated heterocycles. The average Bonchev–Trinajstić information content (AvgIpc) is 3.24. The Morgan fingerprint density at radius 2 is 2.10 bits per heavy atom. The van der Waals surface area contributed by atoms with E-state index in [-0.39, 0.29) is 11.8 Å². The zero-order valence-corrected chi connectivity index (χ0v) is 12.0. The third-order valence-electron chi connectivity index (χ3n) is 4.44. The molecule has 2 N–H and O–H groups in total. The molecule has 1 aromatic heterocycles. The summed E-state index contributed by atoms with van der Waals surface area (Å²) in [5, 5.41) is 0. The third-order valence-corrected chi connectivity index (χ3v) is 4.44. The van der Waals surface area contributed by atoms with Crippen LogP contribution in [0.25, 0.3) is 0 Å². The minimum Gasteiger partial charge on any atom is -0.342 e. The van der Waals surface area contributed by atoms with Crippen LogP contribution in [-0.2, 0) is 11.2 Å². The van der Waals surface area contributed by atoms with Gasteiger partial charge in [-0.05, 0) is 32.1 Å². The second-order valence-electron chi connectivity index (χ2n) is 6.05. The predicted octanol–water partition coefficient (Wildman–Crippen LogP) is 1.35. The van der Waals surface area contributed by atoms with Gasteiger partial charge in [0.1, 0.15) is 0 Å². The maximum absolute atomic E-state index is 12.6. The van der Waals surface area contributed by atoms with Gasteiger partial charge in [0.05, 0.1) is 12.2 Å². The zero-order valence-electron chi connectivity index (χ0n) is 12.0. The number of likely N-dealkylation sites (tertiary alicyclic amines) is 1. The molecule has 0 aromatic carbocycles. The van der Waals surface area contributed by atoms with Crippen LogP contribution < -0.4 is 5.73 Å². The van der Waals surface area contributed by atoms with Crippen molar-refractivity contribution in [2.75, 3.05) is 19.6 Å². The fraction of sp³-hybridized carbons (Fsp3) is 0.733. The van der Waals surface area contributed by atoms with Gasteiger partial charge in [0, 0.05) is 44.0 Å². The molecule has 1 aliphatic heterocycles. The fourth-order valence-electron chi connectivity index (χ4n) is 3.07. The second kappa shape index (κ2) is 5.95.